The summed E-state index contributed by atoms with van der Waals surface area (Å²) in [4.78, 5) is 30.2. The Balaban J connectivity index is 1.30. The minimum absolute atomic E-state index is 0.0231. The molecule has 9 nitrogen and oxygen atoms in total. The van der Waals surface area contributed by atoms with Crippen molar-refractivity contribution >= 4 is 40.7 Å². The largest absolute Gasteiger partial charge is 0.396 e. The second-order valence-electron chi connectivity index (χ2n) is 13.8. The Morgan fingerprint density at radius 2 is 1.85 bits per heavy atom. The summed E-state index contributed by atoms with van der Waals surface area (Å²) in [5.74, 6) is -3.49. The lowest BCUT2D eigenvalue weighted by molar-refractivity contribution is -0.129. The number of benzene rings is 2. The molecular formula is C32H34Cl2F5N7O2. The molecule has 0 aliphatic carbocycles. The Morgan fingerprint density at radius 1 is 1.10 bits per heavy atom. The van der Waals surface area contributed by atoms with Crippen LogP contribution in [-0.2, 0) is 34.5 Å². The summed E-state index contributed by atoms with van der Waals surface area (Å²) in [5, 5.41) is 16.3. The number of nitrogens with zero attached hydrogens (tertiary/aromatic N) is 4. The second-order valence-corrected chi connectivity index (χ2v) is 14.6. The maximum atomic E-state index is 15.9. The van der Waals surface area contributed by atoms with Crippen LogP contribution in [0.15, 0.2) is 30.3 Å². The third kappa shape index (κ3) is 6.27. The summed E-state index contributed by atoms with van der Waals surface area (Å²) in [5.41, 5.74) is -1.44. The van der Waals surface area contributed by atoms with Crippen molar-refractivity contribution in [2.45, 2.75) is 76.3 Å². The molecule has 3 aromatic rings. The molecule has 4 unspecified atom stereocenters. The van der Waals surface area contributed by atoms with Gasteiger partial charge in [0.1, 0.15) is 35.1 Å². The molecule has 2 amide bonds. The van der Waals surface area contributed by atoms with E-state index in [-0.39, 0.29) is 57.7 Å². The van der Waals surface area contributed by atoms with Gasteiger partial charge in [-0.05, 0) is 41.2 Å². The smallest absolute Gasteiger partial charge is 0.353 e. The van der Waals surface area contributed by atoms with Gasteiger partial charge in [-0.2, -0.15) is 13.2 Å². The van der Waals surface area contributed by atoms with Gasteiger partial charge in [-0.15, -0.1) is 10.2 Å². The Hall–Kier alpha value is -3.33. The number of hydrogen-bond donors (Lipinski definition) is 3. The van der Waals surface area contributed by atoms with Gasteiger partial charge in [-0.3, -0.25) is 14.5 Å². The number of carbonyl (C=O) groups is 2. The zero-order chi connectivity index (χ0) is 34.8. The SMILES string of the molecule is CC(C)(C)CC1NC(C(=O)NCCN2CCn3c(nnc3CC(F)(F)F)C2)C(c2cccc(Cl)c2F)C12C(=O)Nc1cc(Cl)c(F)cc12. The Kier molecular flexibility index (Phi) is 9.01. The van der Waals surface area contributed by atoms with Crippen molar-refractivity contribution in [3.8, 4) is 0 Å². The highest BCUT2D eigenvalue weighted by Crippen LogP contribution is 2.57. The van der Waals surface area contributed by atoms with Crippen LogP contribution in [0.1, 0.15) is 55.9 Å². The minimum atomic E-state index is -4.40. The van der Waals surface area contributed by atoms with E-state index < -0.39 is 59.5 Å². The predicted molar refractivity (Wildman–Crippen MR) is 169 cm³/mol. The van der Waals surface area contributed by atoms with Gasteiger partial charge in [0.2, 0.25) is 11.8 Å². The molecule has 3 aliphatic rings. The van der Waals surface area contributed by atoms with E-state index in [2.05, 4.69) is 26.1 Å². The van der Waals surface area contributed by atoms with Crippen LogP contribution in [0.25, 0.3) is 0 Å². The van der Waals surface area contributed by atoms with Gasteiger partial charge < -0.3 is 20.5 Å². The number of hydrogen-bond acceptors (Lipinski definition) is 6. The fourth-order valence-corrected chi connectivity index (χ4v) is 7.73. The van der Waals surface area contributed by atoms with E-state index in [4.69, 9.17) is 23.2 Å². The predicted octanol–water partition coefficient (Wildman–Crippen LogP) is 5.35. The molecule has 3 N–H and O–H groups in total. The number of halogens is 7. The highest BCUT2D eigenvalue weighted by Gasteiger charge is 2.66. The number of carbonyl (C=O) groups excluding carboxylic acids is 2. The Bertz CT molecular complexity index is 1760. The number of anilines is 1. The van der Waals surface area contributed by atoms with Crippen LogP contribution in [0.3, 0.4) is 0 Å². The van der Waals surface area contributed by atoms with E-state index in [9.17, 15) is 22.8 Å². The van der Waals surface area contributed by atoms with Crippen molar-refractivity contribution < 1.29 is 31.5 Å². The van der Waals surface area contributed by atoms with E-state index in [0.717, 1.165) is 0 Å². The van der Waals surface area contributed by atoms with Gasteiger partial charge in [-0.1, -0.05) is 56.1 Å². The van der Waals surface area contributed by atoms with Crippen LogP contribution < -0.4 is 16.0 Å². The zero-order valence-corrected chi connectivity index (χ0v) is 27.8. The second kappa shape index (κ2) is 12.5. The molecule has 1 saturated heterocycles. The first-order valence-electron chi connectivity index (χ1n) is 15.5. The summed E-state index contributed by atoms with van der Waals surface area (Å²) in [6, 6.07) is 4.99. The van der Waals surface area contributed by atoms with Crippen LogP contribution in [-0.4, -0.2) is 69.4 Å². The molecule has 6 rings (SSSR count). The number of alkyl halides is 3. The van der Waals surface area contributed by atoms with E-state index in [1.165, 1.54) is 34.9 Å². The fourth-order valence-electron chi connectivity index (χ4n) is 7.38. The average Bonchev–Trinajstić information content (AvgIpc) is 3.61. The number of nitrogens with one attached hydrogen (secondary N) is 3. The molecule has 0 saturated carbocycles. The highest BCUT2D eigenvalue weighted by molar-refractivity contribution is 6.31. The number of rotatable bonds is 7. The Labute approximate surface area is 283 Å². The summed E-state index contributed by atoms with van der Waals surface area (Å²) in [7, 11) is 0. The fraction of sp³-hybridized carbons (Fsp3) is 0.500. The van der Waals surface area contributed by atoms with E-state index in [0.29, 0.717) is 25.3 Å². The van der Waals surface area contributed by atoms with Crippen molar-refractivity contribution in [3.05, 3.63) is 74.8 Å². The van der Waals surface area contributed by atoms with E-state index in [1.807, 2.05) is 25.7 Å². The lowest BCUT2D eigenvalue weighted by Crippen LogP contribution is -2.49. The van der Waals surface area contributed by atoms with Crippen LogP contribution in [0.5, 0.6) is 0 Å². The number of aromatic nitrogens is 3. The molecule has 0 radical (unpaired) electrons. The molecule has 48 heavy (non-hydrogen) atoms. The molecule has 4 heterocycles. The van der Waals surface area contributed by atoms with Gasteiger partial charge in [0.15, 0.2) is 0 Å². The van der Waals surface area contributed by atoms with Crippen LogP contribution in [0.2, 0.25) is 10.0 Å². The third-order valence-electron chi connectivity index (χ3n) is 9.29. The first kappa shape index (κ1) is 34.5. The molecule has 1 aromatic heterocycles. The van der Waals surface area contributed by atoms with Gasteiger partial charge in [0.05, 0.1) is 22.6 Å². The average molecular weight is 715 g/mol. The van der Waals surface area contributed by atoms with Crippen molar-refractivity contribution in [1.82, 2.24) is 30.3 Å². The number of amides is 2. The quantitative estimate of drug-likeness (QED) is 0.286. The van der Waals surface area contributed by atoms with E-state index >= 15 is 8.78 Å². The summed E-state index contributed by atoms with van der Waals surface area (Å²) in [6.07, 6.45) is -5.21. The molecular weight excluding hydrogens is 680 g/mol. The van der Waals surface area contributed by atoms with Crippen LogP contribution >= 0.6 is 23.2 Å². The van der Waals surface area contributed by atoms with Gasteiger partial charge >= 0.3 is 6.18 Å². The standard InChI is InChI=1S/C32H34Cl2F5N7O2/c1-30(2,3)13-22-32(17-11-20(35)19(34)12-21(17)41-29(32)48)25(16-5-4-6-18(33)26(16)36)27(42-22)28(47)40-7-8-45-9-10-46-23(14-31(37,38)39)43-44-24(46)15-45/h4-6,11-12,22,25,27,42H,7-10,13-15H2,1-3H3,(H,40,47)(H,41,48). The van der Waals surface area contributed by atoms with Gasteiger partial charge in [-0.25, -0.2) is 8.78 Å². The topological polar surface area (TPSA) is 104 Å². The molecule has 1 spiro atoms. The van der Waals surface area contributed by atoms with Crippen molar-refractivity contribution in [1.29, 1.82) is 0 Å². The molecule has 16 heteroatoms. The number of fused-ring (bicyclic) bond motifs is 3. The summed E-state index contributed by atoms with van der Waals surface area (Å²) < 4.78 is 71.3. The lowest BCUT2D eigenvalue weighted by Gasteiger charge is -2.37. The van der Waals surface area contributed by atoms with Crippen molar-refractivity contribution in [2.75, 3.05) is 25.0 Å². The van der Waals surface area contributed by atoms with E-state index in [1.54, 1.807) is 0 Å². The normalized spacial score (nSPS) is 24.1. The molecule has 0 bridgehead atoms. The molecule has 1 fully saturated rings. The lowest BCUT2D eigenvalue weighted by atomic mass is 9.62. The first-order chi connectivity index (χ1) is 22.5. The molecule has 2 aromatic carbocycles. The minimum Gasteiger partial charge on any atom is -0.353 e. The maximum Gasteiger partial charge on any atom is 0.396 e. The summed E-state index contributed by atoms with van der Waals surface area (Å²) in [6.45, 7) is 7.26. The van der Waals surface area contributed by atoms with Crippen molar-refractivity contribution in [3.63, 3.8) is 0 Å². The van der Waals surface area contributed by atoms with Crippen LogP contribution in [0, 0.1) is 17.0 Å². The Morgan fingerprint density at radius 3 is 2.56 bits per heavy atom. The highest BCUT2D eigenvalue weighted by atomic mass is 35.5. The first-order valence-corrected chi connectivity index (χ1v) is 16.2. The maximum absolute atomic E-state index is 15.9. The third-order valence-corrected chi connectivity index (χ3v) is 9.88. The molecule has 3 aliphatic heterocycles. The monoisotopic (exact) mass is 713 g/mol. The molecule has 4 atom stereocenters. The summed E-state index contributed by atoms with van der Waals surface area (Å²) >= 11 is 12.3. The van der Waals surface area contributed by atoms with Crippen molar-refractivity contribution in [2.24, 2.45) is 5.41 Å². The van der Waals surface area contributed by atoms with Gasteiger partial charge in [0, 0.05) is 43.8 Å². The zero-order valence-electron chi connectivity index (χ0n) is 26.3. The van der Waals surface area contributed by atoms with Gasteiger partial charge in [0.25, 0.3) is 0 Å². The van der Waals surface area contributed by atoms with Crippen LogP contribution in [0.4, 0.5) is 27.6 Å². The molecule has 258 valence electrons.